The van der Waals surface area contributed by atoms with Gasteiger partial charge in [0.05, 0.1) is 7.11 Å². The van der Waals surface area contributed by atoms with E-state index in [1.165, 1.54) is 51.2 Å². The number of methoxy groups -OCH3 is 1. The van der Waals surface area contributed by atoms with Gasteiger partial charge in [-0.25, -0.2) is 4.79 Å². The van der Waals surface area contributed by atoms with E-state index in [1.807, 2.05) is 24.3 Å². The number of carbonyl (C=O) groups is 2. The lowest BCUT2D eigenvalue weighted by molar-refractivity contribution is -0.146. The number of carbonyl (C=O) groups excluding carboxylic acids is 2. The van der Waals surface area contributed by atoms with Crippen molar-refractivity contribution in [2.24, 2.45) is 5.73 Å². The fourth-order valence-corrected chi connectivity index (χ4v) is 3.48. The highest BCUT2D eigenvalue weighted by Gasteiger charge is 2.43. The first-order valence-corrected chi connectivity index (χ1v) is 9.75. The van der Waals surface area contributed by atoms with Gasteiger partial charge in [0, 0.05) is 18.7 Å². The highest BCUT2D eigenvalue weighted by Crippen LogP contribution is 2.22. The van der Waals surface area contributed by atoms with Crippen LogP contribution in [0.3, 0.4) is 0 Å². The normalized spacial score (nSPS) is 19.6. The highest BCUT2D eigenvalue weighted by molar-refractivity contribution is 5.95. The van der Waals surface area contributed by atoms with Crippen LogP contribution in [0.4, 0.5) is 0 Å². The smallest absolute Gasteiger partial charge is 0.327 e. The average molecular weight is 360 g/mol. The molecule has 1 heterocycles. The number of hydrogen-bond donors (Lipinski definition) is 1. The van der Waals surface area contributed by atoms with Crippen LogP contribution in [0.1, 0.15) is 67.8 Å². The van der Waals surface area contributed by atoms with Crippen molar-refractivity contribution in [3.8, 4) is 0 Å². The molecule has 0 spiro atoms. The molecule has 0 aliphatic carbocycles. The van der Waals surface area contributed by atoms with E-state index in [4.69, 9.17) is 10.5 Å². The van der Waals surface area contributed by atoms with Crippen LogP contribution in [0.25, 0.3) is 0 Å². The number of nitrogens with two attached hydrogens (primary N) is 1. The van der Waals surface area contributed by atoms with E-state index in [9.17, 15) is 9.59 Å². The van der Waals surface area contributed by atoms with E-state index in [0.717, 1.165) is 6.42 Å². The molecule has 2 N–H and O–H groups in total. The lowest BCUT2D eigenvalue weighted by atomic mass is 10.0. The topological polar surface area (TPSA) is 72.6 Å². The van der Waals surface area contributed by atoms with Crippen LogP contribution in [0.15, 0.2) is 24.3 Å². The molecule has 1 aromatic carbocycles. The molecule has 1 unspecified atom stereocenters. The molecule has 0 radical (unpaired) electrons. The number of benzene rings is 1. The fourth-order valence-electron chi connectivity index (χ4n) is 3.48. The van der Waals surface area contributed by atoms with Crippen molar-refractivity contribution in [2.75, 3.05) is 20.2 Å². The summed E-state index contributed by atoms with van der Waals surface area (Å²) in [5.74, 6) is -0.533. The van der Waals surface area contributed by atoms with E-state index < -0.39 is 11.5 Å². The minimum Gasteiger partial charge on any atom is -0.468 e. The molecule has 0 saturated carbocycles. The molecule has 1 aromatic rings. The molecule has 0 aromatic heterocycles. The van der Waals surface area contributed by atoms with Crippen molar-refractivity contribution in [1.82, 2.24) is 4.90 Å². The fraction of sp³-hybridized carbons (Fsp3) is 0.619. The van der Waals surface area contributed by atoms with Gasteiger partial charge in [-0.3, -0.25) is 4.79 Å². The monoisotopic (exact) mass is 360 g/mol. The molecule has 1 aliphatic rings. The van der Waals surface area contributed by atoms with Crippen LogP contribution in [0.2, 0.25) is 0 Å². The van der Waals surface area contributed by atoms with E-state index >= 15 is 0 Å². The number of hydrogen-bond acceptors (Lipinski definition) is 4. The summed E-state index contributed by atoms with van der Waals surface area (Å²) in [7, 11) is 1.32. The molecule has 2 rings (SSSR count). The summed E-state index contributed by atoms with van der Waals surface area (Å²) in [5.41, 5.74) is 6.90. The van der Waals surface area contributed by atoms with Crippen LogP contribution in [0, 0.1) is 0 Å². The summed E-state index contributed by atoms with van der Waals surface area (Å²) >= 11 is 0. The Hall–Kier alpha value is -1.88. The number of amides is 1. The number of aryl methyl sites for hydroxylation is 1. The SMILES string of the molecule is CCCCCCCCc1ccc(C(=O)N2CCC(N)(C(=O)OC)C2)cc1. The zero-order valence-corrected chi connectivity index (χ0v) is 16.1. The molecule has 5 nitrogen and oxygen atoms in total. The standard InChI is InChI=1S/C21H32N2O3/c1-3-4-5-6-7-8-9-17-10-12-18(13-11-17)19(24)23-15-14-21(22,16-23)20(25)26-2/h10-13H,3-9,14-16,22H2,1-2H3. The Morgan fingerprint density at radius 1 is 1.12 bits per heavy atom. The molecule has 1 saturated heterocycles. The summed E-state index contributed by atoms with van der Waals surface area (Å²) in [5, 5.41) is 0. The minimum absolute atomic E-state index is 0.0765. The van der Waals surface area contributed by atoms with Gasteiger partial charge in [-0.2, -0.15) is 0 Å². The van der Waals surface area contributed by atoms with Gasteiger partial charge in [-0.05, 0) is 37.0 Å². The second-order valence-electron chi connectivity index (χ2n) is 7.34. The molecule has 0 bridgehead atoms. The van der Waals surface area contributed by atoms with Gasteiger partial charge < -0.3 is 15.4 Å². The van der Waals surface area contributed by atoms with Gasteiger partial charge in [-0.15, -0.1) is 0 Å². The van der Waals surface area contributed by atoms with E-state index in [0.29, 0.717) is 18.5 Å². The second-order valence-corrected chi connectivity index (χ2v) is 7.34. The molecular weight excluding hydrogens is 328 g/mol. The Balaban J connectivity index is 1.82. The molecule has 1 atom stereocenters. The maximum absolute atomic E-state index is 12.6. The third-order valence-corrected chi connectivity index (χ3v) is 5.20. The molecule has 5 heteroatoms. The summed E-state index contributed by atoms with van der Waals surface area (Å²) in [6.45, 7) is 2.91. The van der Waals surface area contributed by atoms with Gasteiger partial charge in [0.25, 0.3) is 5.91 Å². The molecule has 26 heavy (non-hydrogen) atoms. The second kappa shape index (κ2) is 9.72. The number of unbranched alkanes of at least 4 members (excludes halogenated alkanes) is 5. The zero-order chi connectivity index (χ0) is 19.0. The number of rotatable bonds is 9. The van der Waals surface area contributed by atoms with Crippen molar-refractivity contribution >= 4 is 11.9 Å². The van der Waals surface area contributed by atoms with Crippen molar-refractivity contribution in [2.45, 2.75) is 63.8 Å². The van der Waals surface area contributed by atoms with E-state index in [-0.39, 0.29) is 12.5 Å². The maximum atomic E-state index is 12.6. The van der Waals surface area contributed by atoms with Crippen LogP contribution < -0.4 is 5.73 Å². The van der Waals surface area contributed by atoms with Crippen LogP contribution in [-0.4, -0.2) is 42.5 Å². The molecule has 144 valence electrons. The third-order valence-electron chi connectivity index (χ3n) is 5.20. The number of esters is 1. The molecule has 1 fully saturated rings. The van der Waals surface area contributed by atoms with Crippen molar-refractivity contribution in [1.29, 1.82) is 0 Å². The number of ether oxygens (including phenoxy) is 1. The lowest BCUT2D eigenvalue weighted by Gasteiger charge is -2.21. The Morgan fingerprint density at radius 2 is 1.77 bits per heavy atom. The van der Waals surface area contributed by atoms with Gasteiger partial charge in [0.15, 0.2) is 0 Å². The first kappa shape index (κ1) is 20.4. The van der Waals surface area contributed by atoms with Crippen molar-refractivity contribution < 1.29 is 14.3 Å². The summed E-state index contributed by atoms with van der Waals surface area (Å²) in [6.07, 6.45) is 9.18. The highest BCUT2D eigenvalue weighted by atomic mass is 16.5. The number of nitrogens with zero attached hydrogens (tertiary/aromatic N) is 1. The first-order chi connectivity index (χ1) is 12.5. The average Bonchev–Trinajstić information content (AvgIpc) is 3.07. The molecule has 1 aliphatic heterocycles. The third kappa shape index (κ3) is 5.31. The maximum Gasteiger partial charge on any atom is 0.327 e. The summed E-state index contributed by atoms with van der Waals surface area (Å²) in [6, 6.07) is 7.82. The Labute approximate surface area is 156 Å². The first-order valence-electron chi connectivity index (χ1n) is 9.75. The van der Waals surface area contributed by atoms with Gasteiger partial charge >= 0.3 is 5.97 Å². The quantitative estimate of drug-likeness (QED) is 0.542. The van der Waals surface area contributed by atoms with Gasteiger partial charge in [-0.1, -0.05) is 51.2 Å². The Morgan fingerprint density at radius 3 is 2.42 bits per heavy atom. The van der Waals surface area contributed by atoms with Crippen molar-refractivity contribution in [3.05, 3.63) is 35.4 Å². The van der Waals surface area contributed by atoms with Crippen LogP contribution in [-0.2, 0) is 16.0 Å². The lowest BCUT2D eigenvalue weighted by Crippen LogP contribution is -2.51. The predicted molar refractivity (Wildman–Crippen MR) is 103 cm³/mol. The minimum atomic E-state index is -1.08. The van der Waals surface area contributed by atoms with Gasteiger partial charge in [0.1, 0.15) is 5.54 Å². The van der Waals surface area contributed by atoms with Crippen molar-refractivity contribution in [3.63, 3.8) is 0 Å². The zero-order valence-electron chi connectivity index (χ0n) is 16.1. The largest absolute Gasteiger partial charge is 0.468 e. The van der Waals surface area contributed by atoms with Gasteiger partial charge in [0.2, 0.25) is 0 Å². The Bertz CT molecular complexity index is 600. The summed E-state index contributed by atoms with van der Waals surface area (Å²) < 4.78 is 4.75. The molecule has 1 amide bonds. The van der Waals surface area contributed by atoms with E-state index in [2.05, 4.69) is 6.92 Å². The van der Waals surface area contributed by atoms with E-state index in [1.54, 1.807) is 4.90 Å². The Kier molecular flexibility index (Phi) is 7.64. The van der Waals surface area contributed by atoms with Crippen LogP contribution >= 0.6 is 0 Å². The summed E-state index contributed by atoms with van der Waals surface area (Å²) in [4.78, 5) is 26.1. The van der Waals surface area contributed by atoms with Crippen LogP contribution in [0.5, 0.6) is 0 Å². The molecular formula is C21H32N2O3. The number of likely N-dealkylation sites (tertiary alicyclic amines) is 1. The predicted octanol–water partition coefficient (Wildman–Crippen LogP) is 3.31.